The summed E-state index contributed by atoms with van der Waals surface area (Å²) in [6.45, 7) is 3.45. The van der Waals surface area contributed by atoms with Crippen LogP contribution in [0.1, 0.15) is 65.6 Å². The maximum atomic E-state index is 15.0. The number of carbonyl (C=O) groups is 1. The predicted octanol–water partition coefficient (Wildman–Crippen LogP) is 5.79. The van der Waals surface area contributed by atoms with Gasteiger partial charge < -0.3 is 10.6 Å². The van der Waals surface area contributed by atoms with Crippen molar-refractivity contribution in [3.63, 3.8) is 0 Å². The Morgan fingerprint density at radius 3 is 2.80 bits per heavy atom. The molecule has 1 aliphatic carbocycles. The van der Waals surface area contributed by atoms with Crippen LogP contribution in [0.25, 0.3) is 11.9 Å². The minimum Gasteiger partial charge on any atom is -0.378 e. The summed E-state index contributed by atoms with van der Waals surface area (Å²) in [5.41, 5.74) is 10.4. The summed E-state index contributed by atoms with van der Waals surface area (Å²) in [5.74, 6) is -0.0498. The summed E-state index contributed by atoms with van der Waals surface area (Å²) in [4.78, 5) is 25.0. The van der Waals surface area contributed by atoms with Crippen LogP contribution in [0, 0.1) is 11.3 Å². The first-order valence-electron chi connectivity index (χ1n) is 13.5. The fourth-order valence-electron chi connectivity index (χ4n) is 6.36. The molecule has 3 heterocycles. The van der Waals surface area contributed by atoms with Crippen LogP contribution in [0.5, 0.6) is 0 Å². The van der Waals surface area contributed by atoms with Crippen LogP contribution in [-0.4, -0.2) is 38.8 Å². The summed E-state index contributed by atoms with van der Waals surface area (Å²) in [7, 11) is 0. The van der Waals surface area contributed by atoms with Crippen molar-refractivity contribution in [2.75, 3.05) is 13.1 Å². The molecule has 2 aliphatic heterocycles. The van der Waals surface area contributed by atoms with E-state index in [2.05, 4.69) is 29.2 Å². The molecular formula is C32H30FN5OS. The summed E-state index contributed by atoms with van der Waals surface area (Å²) >= 11 is 1.36. The van der Waals surface area contributed by atoms with E-state index in [1.54, 1.807) is 6.07 Å². The Balaban J connectivity index is 1.24. The van der Waals surface area contributed by atoms with Crippen LogP contribution in [0.4, 0.5) is 4.39 Å². The Kier molecular flexibility index (Phi) is 6.71. The topological polar surface area (TPSA) is 95.4 Å². The van der Waals surface area contributed by atoms with Crippen molar-refractivity contribution in [2.45, 2.75) is 48.8 Å². The number of hydrogen-bond acceptors (Lipinski definition) is 6. The predicted molar refractivity (Wildman–Crippen MR) is 157 cm³/mol. The van der Waals surface area contributed by atoms with E-state index in [1.165, 1.54) is 35.7 Å². The van der Waals surface area contributed by atoms with E-state index in [0.717, 1.165) is 30.5 Å². The van der Waals surface area contributed by atoms with E-state index in [4.69, 9.17) is 16.0 Å². The zero-order valence-electron chi connectivity index (χ0n) is 22.3. The normalized spacial score (nSPS) is 25.9. The lowest BCUT2D eigenvalue weighted by molar-refractivity contribution is -0.135. The van der Waals surface area contributed by atoms with Crippen LogP contribution in [0.15, 0.2) is 71.9 Å². The number of carbonyl (C=O) groups excluding carboxylic acids is 1. The first-order chi connectivity index (χ1) is 19.3. The van der Waals surface area contributed by atoms with Crippen molar-refractivity contribution in [3.8, 4) is 6.07 Å². The van der Waals surface area contributed by atoms with Crippen LogP contribution >= 0.6 is 11.8 Å². The molecule has 3 aliphatic rings. The fraction of sp³-hybridized carbons (Fsp3) is 0.312. The molecule has 1 fully saturated rings. The highest BCUT2D eigenvalue weighted by molar-refractivity contribution is 8.15. The molecule has 6 rings (SSSR count). The highest BCUT2D eigenvalue weighted by Gasteiger charge is 2.54. The molecule has 3 atom stereocenters. The minimum absolute atomic E-state index is 0.109. The molecule has 2 N–H and O–H groups in total. The third-order valence-corrected chi connectivity index (χ3v) is 9.33. The number of aromatic nitrogens is 1. The molecule has 2 aromatic carbocycles. The number of pyridine rings is 1. The molecule has 1 amide bonds. The number of rotatable bonds is 4. The van der Waals surface area contributed by atoms with Gasteiger partial charge in [-0.05, 0) is 66.3 Å². The van der Waals surface area contributed by atoms with Crippen molar-refractivity contribution < 1.29 is 9.18 Å². The number of benzene rings is 2. The third kappa shape index (κ3) is 4.79. The van der Waals surface area contributed by atoms with Gasteiger partial charge in [0.05, 0.1) is 16.8 Å². The van der Waals surface area contributed by atoms with E-state index in [0.29, 0.717) is 41.6 Å². The number of fused-ring (bicyclic) bond motifs is 2. The van der Waals surface area contributed by atoms with Gasteiger partial charge in [0.25, 0.3) is 0 Å². The van der Waals surface area contributed by atoms with E-state index in [9.17, 15) is 4.79 Å². The Hall–Kier alpha value is -3.96. The summed E-state index contributed by atoms with van der Waals surface area (Å²) in [6.07, 6.45) is 6.07. The molecule has 0 radical (unpaired) electrons. The number of amidine groups is 1. The number of aliphatic imine (C=N–C) groups is 1. The number of halogens is 1. The highest BCUT2D eigenvalue weighted by Crippen LogP contribution is 2.54. The van der Waals surface area contributed by atoms with Crippen molar-refractivity contribution in [2.24, 2.45) is 10.7 Å². The van der Waals surface area contributed by atoms with E-state index in [-0.39, 0.29) is 11.6 Å². The second-order valence-electron chi connectivity index (χ2n) is 11.1. The van der Waals surface area contributed by atoms with Crippen LogP contribution in [0.3, 0.4) is 0 Å². The van der Waals surface area contributed by atoms with Crippen molar-refractivity contribution >= 4 is 34.7 Å². The largest absolute Gasteiger partial charge is 0.378 e. The molecule has 1 saturated heterocycles. The fourth-order valence-corrected chi connectivity index (χ4v) is 7.57. The number of nitrogens with two attached hydrogens (primary N) is 1. The lowest BCUT2D eigenvalue weighted by Gasteiger charge is -2.49. The van der Waals surface area contributed by atoms with Gasteiger partial charge in [-0.15, -0.1) is 0 Å². The first kappa shape index (κ1) is 26.3. The Labute approximate surface area is 237 Å². The standard InChI is InChI=1S/C32H30FN5OS/c1-31(29(39)38-13-5-8-25(19-38)23-6-3-2-4-7-23)20-32(37-30(35)40-31)16-24-11-9-21(14-26(24)32)15-27(33)28-12-10-22(17-34)18-36-28/h2-4,6-7,9-12,14-15,18,25H,5,8,13,16,19-20H2,1H3,(H2,35,37)/b27-15-/t25?,31-,32+/m1/s1. The van der Waals surface area contributed by atoms with Crippen LogP contribution < -0.4 is 5.73 Å². The molecule has 8 heteroatoms. The molecule has 1 aromatic heterocycles. The summed E-state index contributed by atoms with van der Waals surface area (Å²) < 4.78 is 14.3. The highest BCUT2D eigenvalue weighted by atomic mass is 32.2. The minimum atomic E-state index is -0.744. The number of piperidine rings is 1. The zero-order chi connectivity index (χ0) is 27.9. The third-order valence-electron chi connectivity index (χ3n) is 8.26. The number of likely N-dealkylation sites (tertiary alicyclic amines) is 1. The SMILES string of the molecule is C[C@]1(C(=O)N2CCCC(c3ccccc3)C2)C[C@]2(Cc3ccc(/C=C(\F)c4ccc(C#N)cn4)cc32)N=C(N)S1. The lowest BCUT2D eigenvalue weighted by atomic mass is 9.66. The van der Waals surface area contributed by atoms with Gasteiger partial charge in [-0.1, -0.05) is 54.2 Å². The number of thioether (sulfide) groups is 1. The molecule has 1 unspecified atom stereocenters. The monoisotopic (exact) mass is 551 g/mol. The number of amides is 1. The van der Waals surface area contributed by atoms with Crippen LogP contribution in [0.2, 0.25) is 0 Å². The molecular weight excluding hydrogens is 521 g/mol. The van der Waals surface area contributed by atoms with Gasteiger partial charge in [0.15, 0.2) is 5.17 Å². The second kappa shape index (κ2) is 10.2. The van der Waals surface area contributed by atoms with E-state index < -0.39 is 16.1 Å². The number of nitriles is 1. The van der Waals surface area contributed by atoms with Gasteiger partial charge in [-0.25, -0.2) is 4.39 Å². The molecule has 6 nitrogen and oxygen atoms in total. The number of hydrogen-bond donors (Lipinski definition) is 1. The van der Waals surface area contributed by atoms with Crippen molar-refractivity contribution in [1.29, 1.82) is 5.26 Å². The van der Waals surface area contributed by atoms with E-state index >= 15 is 4.39 Å². The van der Waals surface area contributed by atoms with Gasteiger partial charge in [-0.2, -0.15) is 5.26 Å². The summed E-state index contributed by atoms with van der Waals surface area (Å²) in [5, 5.41) is 9.38. The summed E-state index contributed by atoms with van der Waals surface area (Å²) in [6, 6.07) is 21.3. The maximum absolute atomic E-state index is 15.0. The Bertz CT molecular complexity index is 1560. The van der Waals surface area contributed by atoms with Gasteiger partial charge in [0, 0.05) is 38.0 Å². The molecule has 0 bridgehead atoms. The maximum Gasteiger partial charge on any atom is 0.239 e. The molecule has 0 saturated carbocycles. The first-order valence-corrected chi connectivity index (χ1v) is 14.4. The lowest BCUT2D eigenvalue weighted by Crippen LogP contribution is -2.56. The molecule has 3 aromatic rings. The Morgan fingerprint density at radius 1 is 1.23 bits per heavy atom. The Morgan fingerprint density at radius 2 is 2.05 bits per heavy atom. The molecule has 40 heavy (non-hydrogen) atoms. The quantitative estimate of drug-likeness (QED) is 0.443. The second-order valence-corrected chi connectivity index (χ2v) is 12.6. The smallest absolute Gasteiger partial charge is 0.239 e. The molecule has 1 spiro atoms. The van der Waals surface area contributed by atoms with Gasteiger partial charge in [-0.3, -0.25) is 14.8 Å². The van der Waals surface area contributed by atoms with Crippen LogP contribution in [-0.2, 0) is 16.8 Å². The van der Waals surface area contributed by atoms with Gasteiger partial charge in [0.1, 0.15) is 16.6 Å². The molecule has 202 valence electrons. The number of nitrogens with zero attached hydrogens (tertiary/aromatic N) is 4. The average molecular weight is 552 g/mol. The van der Waals surface area contributed by atoms with Crippen molar-refractivity contribution in [3.05, 3.63) is 100 Å². The van der Waals surface area contributed by atoms with Gasteiger partial charge >= 0.3 is 0 Å². The van der Waals surface area contributed by atoms with E-state index in [1.807, 2.05) is 42.2 Å². The zero-order valence-corrected chi connectivity index (χ0v) is 23.1. The van der Waals surface area contributed by atoms with Gasteiger partial charge in [0.2, 0.25) is 5.91 Å². The van der Waals surface area contributed by atoms with Crippen molar-refractivity contribution in [1.82, 2.24) is 9.88 Å². The average Bonchev–Trinajstić information content (AvgIpc) is 2.97.